The molecule has 116 valence electrons. The van der Waals surface area contributed by atoms with Gasteiger partial charge in [-0.25, -0.2) is 0 Å². The summed E-state index contributed by atoms with van der Waals surface area (Å²) in [6.07, 6.45) is 16.3. The molecular formula is C18H33NS. The van der Waals surface area contributed by atoms with Crippen molar-refractivity contribution in [2.24, 2.45) is 11.8 Å². The zero-order chi connectivity index (χ0) is 13.8. The second-order valence-corrected chi connectivity index (χ2v) is 9.42. The first-order valence-corrected chi connectivity index (χ1v) is 10.1. The lowest BCUT2D eigenvalue weighted by Gasteiger charge is -2.40. The largest absolute Gasteiger partial charge is 0.312 e. The van der Waals surface area contributed by atoms with Gasteiger partial charge in [0.15, 0.2) is 0 Å². The van der Waals surface area contributed by atoms with Crippen molar-refractivity contribution in [3.05, 3.63) is 0 Å². The van der Waals surface area contributed by atoms with Gasteiger partial charge >= 0.3 is 0 Å². The van der Waals surface area contributed by atoms with Gasteiger partial charge in [-0.05, 0) is 50.2 Å². The maximum absolute atomic E-state index is 4.03. The molecule has 2 aliphatic carbocycles. The molecule has 2 heteroatoms. The second kappa shape index (κ2) is 7.05. The predicted molar refractivity (Wildman–Crippen MR) is 90.4 cm³/mol. The van der Waals surface area contributed by atoms with Gasteiger partial charge in [0.05, 0.1) is 0 Å². The standard InChI is InChI=1S/C18H33NS/c1-18(12-7-13-20-18)14-19-17-11-6-5-10-16(17)15-8-3-2-4-9-15/h15-17,19H,2-14H2,1H3. The molecule has 3 rings (SSSR count). The number of hydrogen-bond acceptors (Lipinski definition) is 2. The molecule has 0 aromatic heterocycles. The van der Waals surface area contributed by atoms with E-state index in [0.29, 0.717) is 4.75 Å². The Labute approximate surface area is 130 Å². The summed E-state index contributed by atoms with van der Waals surface area (Å²) >= 11 is 2.21. The smallest absolute Gasteiger partial charge is 0.0256 e. The Balaban J connectivity index is 1.54. The molecular weight excluding hydrogens is 262 g/mol. The summed E-state index contributed by atoms with van der Waals surface area (Å²) in [6.45, 7) is 3.74. The molecule has 3 fully saturated rings. The SMILES string of the molecule is CC1(CNC2CCCCC2C2CCCCC2)CCCS1. The minimum atomic E-state index is 0.536. The Morgan fingerprint density at radius 1 is 0.950 bits per heavy atom. The predicted octanol–water partition coefficient (Wildman–Crippen LogP) is 5.00. The summed E-state index contributed by atoms with van der Waals surface area (Å²) in [5.74, 6) is 3.43. The molecule has 3 aliphatic rings. The van der Waals surface area contributed by atoms with E-state index >= 15 is 0 Å². The fourth-order valence-electron chi connectivity index (χ4n) is 4.86. The zero-order valence-electron chi connectivity index (χ0n) is 13.3. The van der Waals surface area contributed by atoms with Crippen LogP contribution < -0.4 is 5.32 Å². The van der Waals surface area contributed by atoms with Crippen LogP contribution in [0.3, 0.4) is 0 Å². The normalized spacial score (nSPS) is 40.0. The average Bonchev–Trinajstić information content (AvgIpc) is 2.94. The molecule has 1 heterocycles. The highest BCUT2D eigenvalue weighted by Crippen LogP contribution is 2.40. The van der Waals surface area contributed by atoms with Gasteiger partial charge in [-0.1, -0.05) is 44.9 Å². The molecule has 1 aliphatic heterocycles. The van der Waals surface area contributed by atoms with E-state index in [1.54, 1.807) is 0 Å². The lowest BCUT2D eigenvalue weighted by Crippen LogP contribution is -2.46. The van der Waals surface area contributed by atoms with E-state index < -0.39 is 0 Å². The van der Waals surface area contributed by atoms with Crippen molar-refractivity contribution in [3.8, 4) is 0 Å². The van der Waals surface area contributed by atoms with Crippen molar-refractivity contribution in [3.63, 3.8) is 0 Å². The fraction of sp³-hybridized carbons (Fsp3) is 1.00. The van der Waals surface area contributed by atoms with Crippen molar-refractivity contribution >= 4 is 11.8 Å². The monoisotopic (exact) mass is 295 g/mol. The minimum absolute atomic E-state index is 0.536. The fourth-order valence-corrected chi connectivity index (χ4v) is 6.12. The summed E-state index contributed by atoms with van der Waals surface area (Å²) < 4.78 is 0.536. The van der Waals surface area contributed by atoms with Crippen LogP contribution in [0, 0.1) is 11.8 Å². The van der Waals surface area contributed by atoms with Crippen LogP contribution >= 0.6 is 11.8 Å². The number of hydrogen-bond donors (Lipinski definition) is 1. The highest BCUT2D eigenvalue weighted by molar-refractivity contribution is 8.00. The van der Waals surface area contributed by atoms with Crippen molar-refractivity contribution in [2.45, 2.75) is 88.3 Å². The van der Waals surface area contributed by atoms with Crippen LogP contribution in [-0.2, 0) is 0 Å². The Kier molecular flexibility index (Phi) is 5.36. The van der Waals surface area contributed by atoms with Gasteiger partial charge in [-0.2, -0.15) is 11.8 Å². The number of rotatable bonds is 4. The molecule has 1 N–H and O–H groups in total. The first kappa shape index (κ1) is 15.2. The van der Waals surface area contributed by atoms with Gasteiger partial charge in [0.25, 0.3) is 0 Å². The van der Waals surface area contributed by atoms with Gasteiger partial charge < -0.3 is 5.32 Å². The Bertz CT molecular complexity index is 292. The second-order valence-electron chi connectivity index (χ2n) is 7.74. The zero-order valence-corrected chi connectivity index (χ0v) is 14.1. The van der Waals surface area contributed by atoms with Crippen LogP contribution in [0.15, 0.2) is 0 Å². The van der Waals surface area contributed by atoms with Gasteiger partial charge in [0, 0.05) is 17.3 Å². The van der Waals surface area contributed by atoms with E-state index in [1.165, 1.54) is 82.9 Å². The lowest BCUT2D eigenvalue weighted by atomic mass is 9.71. The molecule has 3 unspecified atom stereocenters. The van der Waals surface area contributed by atoms with Crippen LogP contribution in [0.1, 0.15) is 77.6 Å². The third-order valence-electron chi connectivity index (χ3n) is 6.11. The van der Waals surface area contributed by atoms with Gasteiger partial charge in [-0.3, -0.25) is 0 Å². The van der Waals surface area contributed by atoms with Crippen LogP contribution in [-0.4, -0.2) is 23.1 Å². The number of nitrogens with one attached hydrogen (secondary N) is 1. The number of thioether (sulfide) groups is 1. The maximum Gasteiger partial charge on any atom is 0.0256 e. The molecule has 0 spiro atoms. The van der Waals surface area contributed by atoms with E-state index in [-0.39, 0.29) is 0 Å². The molecule has 1 saturated heterocycles. The Morgan fingerprint density at radius 2 is 1.70 bits per heavy atom. The van der Waals surface area contributed by atoms with E-state index in [1.807, 2.05) is 0 Å². The van der Waals surface area contributed by atoms with Crippen molar-refractivity contribution in [2.75, 3.05) is 12.3 Å². The summed E-state index contributed by atoms with van der Waals surface area (Å²) in [7, 11) is 0. The third-order valence-corrected chi connectivity index (χ3v) is 7.65. The molecule has 0 bridgehead atoms. The van der Waals surface area contributed by atoms with Gasteiger partial charge in [0.2, 0.25) is 0 Å². The van der Waals surface area contributed by atoms with Gasteiger partial charge in [0.1, 0.15) is 0 Å². The summed E-state index contributed by atoms with van der Waals surface area (Å²) in [6, 6.07) is 0.838. The van der Waals surface area contributed by atoms with Crippen LogP contribution in [0.2, 0.25) is 0 Å². The molecule has 20 heavy (non-hydrogen) atoms. The highest BCUT2D eigenvalue weighted by Gasteiger charge is 2.35. The van der Waals surface area contributed by atoms with Crippen molar-refractivity contribution in [1.82, 2.24) is 5.32 Å². The first-order chi connectivity index (χ1) is 9.77. The van der Waals surface area contributed by atoms with Crippen molar-refractivity contribution < 1.29 is 0 Å². The summed E-state index contributed by atoms with van der Waals surface area (Å²) in [4.78, 5) is 0. The summed E-state index contributed by atoms with van der Waals surface area (Å²) in [5.41, 5.74) is 0. The van der Waals surface area contributed by atoms with E-state index in [0.717, 1.165) is 17.9 Å². The summed E-state index contributed by atoms with van der Waals surface area (Å²) in [5, 5.41) is 4.03. The Hall–Kier alpha value is 0.310. The van der Waals surface area contributed by atoms with Crippen molar-refractivity contribution in [1.29, 1.82) is 0 Å². The topological polar surface area (TPSA) is 12.0 Å². The quantitative estimate of drug-likeness (QED) is 0.783. The highest BCUT2D eigenvalue weighted by atomic mass is 32.2. The maximum atomic E-state index is 4.03. The Morgan fingerprint density at radius 3 is 2.45 bits per heavy atom. The van der Waals surface area contributed by atoms with Crippen LogP contribution in [0.4, 0.5) is 0 Å². The first-order valence-electron chi connectivity index (χ1n) is 9.14. The third kappa shape index (κ3) is 3.74. The lowest BCUT2D eigenvalue weighted by molar-refractivity contribution is 0.148. The van der Waals surface area contributed by atoms with Gasteiger partial charge in [-0.15, -0.1) is 0 Å². The van der Waals surface area contributed by atoms with E-state index in [9.17, 15) is 0 Å². The molecule has 3 atom stereocenters. The molecule has 2 saturated carbocycles. The molecule has 0 radical (unpaired) electrons. The minimum Gasteiger partial charge on any atom is -0.312 e. The van der Waals surface area contributed by atoms with Crippen LogP contribution in [0.25, 0.3) is 0 Å². The molecule has 0 aromatic rings. The molecule has 1 nitrogen and oxygen atoms in total. The van der Waals surface area contributed by atoms with E-state index in [4.69, 9.17) is 0 Å². The van der Waals surface area contributed by atoms with E-state index in [2.05, 4.69) is 24.0 Å². The molecule has 0 aromatic carbocycles. The van der Waals surface area contributed by atoms with Crippen LogP contribution in [0.5, 0.6) is 0 Å². The molecule has 0 amide bonds. The average molecular weight is 296 g/mol.